The van der Waals surface area contributed by atoms with Gasteiger partial charge >= 0.3 is 0 Å². The van der Waals surface area contributed by atoms with Crippen LogP contribution < -0.4 is 10.1 Å². The molecule has 1 amide bonds. The molecule has 0 bridgehead atoms. The molecule has 1 aromatic carbocycles. The van der Waals surface area contributed by atoms with Crippen LogP contribution in [0.1, 0.15) is 31.2 Å². The largest absolute Gasteiger partial charge is 0.497 e. The Hall–Kier alpha value is -1.55. The first kappa shape index (κ1) is 15.3. The van der Waals surface area contributed by atoms with E-state index in [2.05, 4.69) is 5.32 Å². The summed E-state index contributed by atoms with van der Waals surface area (Å²) in [7, 11) is 3.59. The highest BCUT2D eigenvalue weighted by Crippen LogP contribution is 2.39. The summed E-state index contributed by atoms with van der Waals surface area (Å²) in [6.45, 7) is 1.70. The lowest BCUT2D eigenvalue weighted by Crippen LogP contribution is -2.49. The monoisotopic (exact) mass is 302 g/mol. The van der Waals surface area contributed by atoms with Gasteiger partial charge in [0, 0.05) is 19.6 Å². The molecule has 1 saturated heterocycles. The lowest BCUT2D eigenvalue weighted by Gasteiger charge is -2.34. The van der Waals surface area contributed by atoms with E-state index in [1.165, 1.54) is 12.8 Å². The molecule has 2 fully saturated rings. The van der Waals surface area contributed by atoms with Gasteiger partial charge < -0.3 is 15.0 Å². The standard InChI is InChI=1S/C18H26N2O2/c1-20(12-13-5-3-6-15(11-13)22-2)18(21)16-7-4-10-19-17(16)14-8-9-14/h3,5-6,11,14,16-17,19H,4,7-10,12H2,1-2H3/t16-,17-/m1/s1. The first-order chi connectivity index (χ1) is 10.7. The Balaban J connectivity index is 1.65. The highest BCUT2D eigenvalue weighted by Gasteiger charge is 2.41. The lowest BCUT2D eigenvalue weighted by molar-refractivity contribution is -0.136. The molecule has 0 unspecified atom stereocenters. The normalized spacial score (nSPS) is 24.8. The van der Waals surface area contributed by atoms with E-state index in [0.717, 1.165) is 36.6 Å². The van der Waals surface area contributed by atoms with Gasteiger partial charge in [0.15, 0.2) is 0 Å². The van der Waals surface area contributed by atoms with Crippen molar-refractivity contribution in [3.05, 3.63) is 29.8 Å². The SMILES string of the molecule is COc1cccc(CN(C)C(=O)[C@@H]2CCCN[C@@H]2C2CC2)c1. The Morgan fingerprint density at radius 1 is 1.36 bits per heavy atom. The van der Waals surface area contributed by atoms with Crippen LogP contribution in [-0.4, -0.2) is 37.6 Å². The third kappa shape index (κ3) is 3.43. The topological polar surface area (TPSA) is 41.6 Å². The number of carbonyl (C=O) groups is 1. The molecule has 120 valence electrons. The minimum Gasteiger partial charge on any atom is -0.497 e. The molecule has 22 heavy (non-hydrogen) atoms. The fourth-order valence-corrected chi connectivity index (χ4v) is 3.55. The van der Waals surface area contributed by atoms with Gasteiger partial charge in [0.1, 0.15) is 5.75 Å². The lowest BCUT2D eigenvalue weighted by atomic mass is 9.86. The number of nitrogens with zero attached hydrogens (tertiary/aromatic N) is 1. The highest BCUT2D eigenvalue weighted by molar-refractivity contribution is 5.79. The van der Waals surface area contributed by atoms with Gasteiger partial charge in [0.2, 0.25) is 5.91 Å². The molecule has 2 aliphatic rings. The van der Waals surface area contributed by atoms with Crippen LogP contribution in [0.3, 0.4) is 0 Å². The molecule has 4 heteroatoms. The number of nitrogens with one attached hydrogen (secondary N) is 1. The second kappa shape index (κ2) is 6.69. The summed E-state index contributed by atoms with van der Waals surface area (Å²) in [6, 6.07) is 8.35. The predicted molar refractivity (Wildman–Crippen MR) is 86.7 cm³/mol. The Labute approximate surface area is 132 Å². The Morgan fingerprint density at radius 2 is 2.18 bits per heavy atom. The summed E-state index contributed by atoms with van der Waals surface area (Å²) in [5, 5.41) is 3.58. The van der Waals surface area contributed by atoms with Crippen LogP contribution in [0.2, 0.25) is 0 Å². The van der Waals surface area contributed by atoms with E-state index in [-0.39, 0.29) is 11.8 Å². The average molecular weight is 302 g/mol. The number of methoxy groups -OCH3 is 1. The molecule has 1 aromatic rings. The van der Waals surface area contributed by atoms with Gasteiger partial charge in [0.05, 0.1) is 13.0 Å². The van der Waals surface area contributed by atoms with Crippen molar-refractivity contribution in [2.24, 2.45) is 11.8 Å². The molecule has 2 atom stereocenters. The van der Waals surface area contributed by atoms with Crippen LogP contribution in [0.4, 0.5) is 0 Å². The van der Waals surface area contributed by atoms with Gasteiger partial charge in [-0.25, -0.2) is 0 Å². The fraction of sp³-hybridized carbons (Fsp3) is 0.611. The maximum atomic E-state index is 12.9. The number of benzene rings is 1. The van der Waals surface area contributed by atoms with Crippen molar-refractivity contribution in [2.75, 3.05) is 20.7 Å². The minimum atomic E-state index is 0.150. The van der Waals surface area contributed by atoms with Crippen molar-refractivity contribution in [2.45, 2.75) is 38.3 Å². The first-order valence-electron chi connectivity index (χ1n) is 8.30. The third-order valence-electron chi connectivity index (χ3n) is 4.88. The van der Waals surface area contributed by atoms with Gasteiger partial charge in [-0.1, -0.05) is 12.1 Å². The van der Waals surface area contributed by atoms with Crippen molar-refractivity contribution in [1.29, 1.82) is 0 Å². The zero-order chi connectivity index (χ0) is 15.5. The third-order valence-corrected chi connectivity index (χ3v) is 4.88. The second-order valence-electron chi connectivity index (χ2n) is 6.61. The summed E-state index contributed by atoms with van der Waals surface area (Å²) >= 11 is 0. The van der Waals surface area contributed by atoms with E-state index < -0.39 is 0 Å². The van der Waals surface area contributed by atoms with E-state index in [0.29, 0.717) is 12.6 Å². The van der Waals surface area contributed by atoms with E-state index in [1.807, 2.05) is 36.2 Å². The van der Waals surface area contributed by atoms with Gasteiger partial charge in [-0.15, -0.1) is 0 Å². The molecular formula is C18H26N2O2. The van der Waals surface area contributed by atoms with Crippen molar-refractivity contribution in [1.82, 2.24) is 10.2 Å². The number of amides is 1. The quantitative estimate of drug-likeness (QED) is 0.908. The van der Waals surface area contributed by atoms with Gasteiger partial charge in [-0.3, -0.25) is 4.79 Å². The minimum absolute atomic E-state index is 0.150. The summed E-state index contributed by atoms with van der Waals surface area (Å²) in [5.74, 6) is 2.00. The van der Waals surface area contributed by atoms with Crippen LogP contribution in [-0.2, 0) is 11.3 Å². The highest BCUT2D eigenvalue weighted by atomic mass is 16.5. The van der Waals surface area contributed by atoms with Crippen LogP contribution in [0.25, 0.3) is 0 Å². The molecule has 1 aliphatic carbocycles. The molecule has 1 aliphatic heterocycles. The molecule has 1 N–H and O–H groups in total. The summed E-state index contributed by atoms with van der Waals surface area (Å²) < 4.78 is 5.26. The number of rotatable bonds is 5. The van der Waals surface area contributed by atoms with E-state index in [1.54, 1.807) is 7.11 Å². The van der Waals surface area contributed by atoms with Crippen LogP contribution in [0.5, 0.6) is 5.75 Å². The second-order valence-corrected chi connectivity index (χ2v) is 6.61. The van der Waals surface area contributed by atoms with Crippen LogP contribution in [0, 0.1) is 11.8 Å². The zero-order valence-corrected chi connectivity index (χ0v) is 13.5. The maximum Gasteiger partial charge on any atom is 0.227 e. The molecule has 0 spiro atoms. The Morgan fingerprint density at radius 3 is 2.91 bits per heavy atom. The molecule has 3 rings (SSSR count). The van der Waals surface area contributed by atoms with E-state index in [9.17, 15) is 4.79 Å². The van der Waals surface area contributed by atoms with Crippen LogP contribution >= 0.6 is 0 Å². The van der Waals surface area contributed by atoms with E-state index in [4.69, 9.17) is 4.74 Å². The fourth-order valence-electron chi connectivity index (χ4n) is 3.55. The Kier molecular flexibility index (Phi) is 4.67. The zero-order valence-electron chi connectivity index (χ0n) is 13.5. The average Bonchev–Trinajstić information content (AvgIpc) is 3.39. The van der Waals surface area contributed by atoms with Gasteiger partial charge in [-0.2, -0.15) is 0 Å². The number of hydrogen-bond acceptors (Lipinski definition) is 3. The van der Waals surface area contributed by atoms with Crippen molar-refractivity contribution >= 4 is 5.91 Å². The molecule has 0 aromatic heterocycles. The number of hydrogen-bond donors (Lipinski definition) is 1. The molecular weight excluding hydrogens is 276 g/mol. The first-order valence-corrected chi connectivity index (χ1v) is 8.30. The summed E-state index contributed by atoms with van der Waals surface area (Å²) in [5.41, 5.74) is 1.11. The van der Waals surface area contributed by atoms with Crippen LogP contribution in [0.15, 0.2) is 24.3 Å². The Bertz CT molecular complexity index is 528. The molecule has 0 radical (unpaired) electrons. The van der Waals surface area contributed by atoms with Crippen molar-refractivity contribution in [3.8, 4) is 5.75 Å². The van der Waals surface area contributed by atoms with Crippen molar-refractivity contribution in [3.63, 3.8) is 0 Å². The number of carbonyl (C=O) groups excluding carboxylic acids is 1. The predicted octanol–water partition coefficient (Wildman–Crippen LogP) is 2.43. The maximum absolute atomic E-state index is 12.9. The van der Waals surface area contributed by atoms with Crippen molar-refractivity contribution < 1.29 is 9.53 Å². The summed E-state index contributed by atoms with van der Waals surface area (Å²) in [6.07, 6.45) is 4.68. The molecule has 1 heterocycles. The number of ether oxygens (including phenoxy) is 1. The van der Waals surface area contributed by atoms with Gasteiger partial charge in [0.25, 0.3) is 0 Å². The molecule has 4 nitrogen and oxygen atoms in total. The smallest absolute Gasteiger partial charge is 0.227 e. The molecule has 1 saturated carbocycles. The number of piperidine rings is 1. The van der Waals surface area contributed by atoms with Gasteiger partial charge in [-0.05, 0) is 55.8 Å². The van der Waals surface area contributed by atoms with E-state index >= 15 is 0 Å². The summed E-state index contributed by atoms with van der Waals surface area (Å²) in [4.78, 5) is 14.7.